The average Bonchev–Trinajstić information content (AvgIpc) is 2.47. The van der Waals surface area contributed by atoms with Gasteiger partial charge < -0.3 is 10.6 Å². The second-order valence-corrected chi connectivity index (χ2v) is 5.10. The highest BCUT2D eigenvalue weighted by atomic mass is 15.1. The Balaban J connectivity index is 1.87. The standard InChI is InChI=1S/C18H18N2/c1-20(18-9-5-4-8-17(18)19)13-14-10-11-15-6-2-3-7-16(15)12-14/h2-12H,13,19H2,1H3. The third-order valence-electron chi connectivity index (χ3n) is 3.58. The lowest BCUT2D eigenvalue weighted by molar-refractivity contribution is 0.926. The minimum atomic E-state index is 0.816. The zero-order valence-electron chi connectivity index (χ0n) is 11.6. The molecular formula is C18H18N2. The fourth-order valence-corrected chi connectivity index (χ4v) is 2.53. The highest BCUT2D eigenvalue weighted by Gasteiger charge is 2.05. The third kappa shape index (κ3) is 2.45. The molecule has 0 aliphatic carbocycles. The van der Waals surface area contributed by atoms with Crippen molar-refractivity contribution in [3.05, 3.63) is 72.3 Å². The molecule has 2 N–H and O–H groups in total. The van der Waals surface area contributed by atoms with Crippen molar-refractivity contribution in [2.45, 2.75) is 6.54 Å². The molecule has 0 bridgehead atoms. The summed E-state index contributed by atoms with van der Waals surface area (Å²) in [5.41, 5.74) is 9.20. The molecule has 2 nitrogen and oxygen atoms in total. The van der Waals surface area contributed by atoms with Crippen LogP contribution >= 0.6 is 0 Å². The Hall–Kier alpha value is -2.48. The molecule has 3 aromatic carbocycles. The van der Waals surface area contributed by atoms with Gasteiger partial charge in [-0.2, -0.15) is 0 Å². The predicted molar refractivity (Wildman–Crippen MR) is 86.9 cm³/mol. The quantitative estimate of drug-likeness (QED) is 0.721. The molecule has 0 unspecified atom stereocenters. The predicted octanol–water partition coefficient (Wildman–Crippen LogP) is 4.06. The second-order valence-electron chi connectivity index (χ2n) is 5.10. The highest BCUT2D eigenvalue weighted by molar-refractivity contribution is 5.83. The Morgan fingerprint density at radius 3 is 2.35 bits per heavy atom. The molecule has 0 atom stereocenters. The van der Waals surface area contributed by atoms with Gasteiger partial charge in [0.2, 0.25) is 0 Å². The van der Waals surface area contributed by atoms with Crippen LogP contribution in [0.15, 0.2) is 66.7 Å². The summed E-state index contributed by atoms with van der Waals surface area (Å²) in [6.07, 6.45) is 0. The maximum atomic E-state index is 6.02. The highest BCUT2D eigenvalue weighted by Crippen LogP contribution is 2.24. The van der Waals surface area contributed by atoms with Crippen LogP contribution in [0.3, 0.4) is 0 Å². The van der Waals surface area contributed by atoms with E-state index in [1.807, 2.05) is 18.2 Å². The minimum Gasteiger partial charge on any atom is -0.397 e. The molecule has 0 aromatic heterocycles. The van der Waals surface area contributed by atoms with Gasteiger partial charge in [0.05, 0.1) is 11.4 Å². The normalized spacial score (nSPS) is 10.7. The fraction of sp³-hybridized carbons (Fsp3) is 0.111. The van der Waals surface area contributed by atoms with Crippen molar-refractivity contribution in [3.8, 4) is 0 Å². The molecule has 20 heavy (non-hydrogen) atoms. The van der Waals surface area contributed by atoms with Crippen molar-refractivity contribution in [1.29, 1.82) is 0 Å². The Bertz CT molecular complexity index is 734. The molecular weight excluding hydrogens is 244 g/mol. The van der Waals surface area contributed by atoms with Crippen LogP contribution in [0.4, 0.5) is 11.4 Å². The first-order valence-electron chi connectivity index (χ1n) is 6.77. The van der Waals surface area contributed by atoms with E-state index in [-0.39, 0.29) is 0 Å². The number of nitrogens with two attached hydrogens (primary N) is 1. The summed E-state index contributed by atoms with van der Waals surface area (Å²) >= 11 is 0. The first-order valence-corrected chi connectivity index (χ1v) is 6.77. The number of nitrogens with zero attached hydrogens (tertiary/aromatic N) is 1. The molecule has 0 aliphatic heterocycles. The summed E-state index contributed by atoms with van der Waals surface area (Å²) in [4.78, 5) is 2.18. The van der Waals surface area contributed by atoms with Gasteiger partial charge in [-0.05, 0) is 34.5 Å². The van der Waals surface area contributed by atoms with Gasteiger partial charge in [-0.3, -0.25) is 0 Å². The van der Waals surface area contributed by atoms with Gasteiger partial charge >= 0.3 is 0 Å². The lowest BCUT2D eigenvalue weighted by Crippen LogP contribution is -2.17. The van der Waals surface area contributed by atoms with Crippen LogP contribution in [0, 0.1) is 0 Å². The number of benzene rings is 3. The largest absolute Gasteiger partial charge is 0.397 e. The second kappa shape index (κ2) is 5.25. The Morgan fingerprint density at radius 1 is 0.850 bits per heavy atom. The summed E-state index contributed by atoms with van der Waals surface area (Å²) in [6, 6.07) is 23.0. The molecule has 3 rings (SSSR count). The first kappa shape index (κ1) is 12.5. The van der Waals surface area contributed by atoms with E-state index in [9.17, 15) is 0 Å². The molecule has 0 fully saturated rings. The number of hydrogen-bond donors (Lipinski definition) is 1. The van der Waals surface area contributed by atoms with E-state index in [1.54, 1.807) is 0 Å². The van der Waals surface area contributed by atoms with Crippen LogP contribution in [0.2, 0.25) is 0 Å². The topological polar surface area (TPSA) is 29.3 Å². The summed E-state index contributed by atoms with van der Waals surface area (Å²) in [6.45, 7) is 0.846. The van der Waals surface area contributed by atoms with Gasteiger partial charge in [0.15, 0.2) is 0 Å². The molecule has 0 aliphatic rings. The SMILES string of the molecule is CN(Cc1ccc2ccccc2c1)c1ccccc1N. The Morgan fingerprint density at radius 2 is 1.55 bits per heavy atom. The molecule has 2 heteroatoms. The van der Waals surface area contributed by atoms with E-state index >= 15 is 0 Å². The zero-order chi connectivity index (χ0) is 13.9. The van der Waals surface area contributed by atoms with Crippen LogP contribution in [-0.2, 0) is 6.54 Å². The smallest absolute Gasteiger partial charge is 0.0600 e. The molecule has 0 saturated heterocycles. The molecule has 3 aromatic rings. The maximum absolute atomic E-state index is 6.02. The number of para-hydroxylation sites is 2. The molecule has 0 spiro atoms. The molecule has 0 radical (unpaired) electrons. The van der Waals surface area contributed by atoms with Crippen LogP contribution < -0.4 is 10.6 Å². The van der Waals surface area contributed by atoms with E-state index in [2.05, 4.69) is 60.5 Å². The van der Waals surface area contributed by atoms with Gasteiger partial charge in [-0.25, -0.2) is 0 Å². The van der Waals surface area contributed by atoms with Crippen molar-refractivity contribution in [2.75, 3.05) is 17.7 Å². The van der Waals surface area contributed by atoms with Crippen molar-refractivity contribution >= 4 is 22.1 Å². The van der Waals surface area contributed by atoms with E-state index < -0.39 is 0 Å². The minimum absolute atomic E-state index is 0.816. The van der Waals surface area contributed by atoms with E-state index in [0.29, 0.717) is 0 Å². The summed E-state index contributed by atoms with van der Waals surface area (Å²) in [7, 11) is 2.07. The number of hydrogen-bond acceptors (Lipinski definition) is 2. The number of anilines is 2. The summed E-state index contributed by atoms with van der Waals surface area (Å²) in [5.74, 6) is 0. The van der Waals surface area contributed by atoms with Gasteiger partial charge in [0.25, 0.3) is 0 Å². The zero-order valence-corrected chi connectivity index (χ0v) is 11.6. The van der Waals surface area contributed by atoms with E-state index in [0.717, 1.165) is 17.9 Å². The lowest BCUT2D eigenvalue weighted by atomic mass is 10.1. The lowest BCUT2D eigenvalue weighted by Gasteiger charge is -2.21. The Labute approximate surface area is 119 Å². The third-order valence-corrected chi connectivity index (χ3v) is 3.58. The van der Waals surface area contributed by atoms with Gasteiger partial charge in [0, 0.05) is 13.6 Å². The summed E-state index contributed by atoms with van der Waals surface area (Å²) in [5, 5.41) is 2.55. The van der Waals surface area contributed by atoms with Gasteiger partial charge in [-0.1, -0.05) is 48.5 Å². The first-order chi connectivity index (χ1) is 9.74. The molecule has 100 valence electrons. The molecule has 0 amide bonds. The fourth-order valence-electron chi connectivity index (χ4n) is 2.53. The van der Waals surface area contributed by atoms with Crippen molar-refractivity contribution < 1.29 is 0 Å². The monoisotopic (exact) mass is 262 g/mol. The van der Waals surface area contributed by atoms with Gasteiger partial charge in [-0.15, -0.1) is 0 Å². The van der Waals surface area contributed by atoms with Crippen molar-refractivity contribution in [2.24, 2.45) is 0 Å². The number of fused-ring (bicyclic) bond motifs is 1. The average molecular weight is 262 g/mol. The summed E-state index contributed by atoms with van der Waals surface area (Å²) < 4.78 is 0. The molecule has 0 saturated carbocycles. The Kier molecular flexibility index (Phi) is 3.30. The van der Waals surface area contributed by atoms with Crippen LogP contribution in [0.5, 0.6) is 0 Å². The van der Waals surface area contributed by atoms with E-state index in [1.165, 1.54) is 16.3 Å². The van der Waals surface area contributed by atoms with Crippen LogP contribution in [0.1, 0.15) is 5.56 Å². The van der Waals surface area contributed by atoms with Crippen molar-refractivity contribution in [3.63, 3.8) is 0 Å². The number of nitrogen functional groups attached to an aromatic ring is 1. The van der Waals surface area contributed by atoms with Gasteiger partial charge in [0.1, 0.15) is 0 Å². The molecule has 0 heterocycles. The van der Waals surface area contributed by atoms with E-state index in [4.69, 9.17) is 5.73 Å². The number of rotatable bonds is 3. The van der Waals surface area contributed by atoms with Crippen LogP contribution in [0.25, 0.3) is 10.8 Å². The maximum Gasteiger partial charge on any atom is 0.0600 e. The van der Waals surface area contributed by atoms with Crippen molar-refractivity contribution in [1.82, 2.24) is 0 Å². The van der Waals surface area contributed by atoms with Crippen LogP contribution in [-0.4, -0.2) is 7.05 Å².